The standard InChI is InChI=1S/C21H24Br2FN3O3/c1-4-10(2)25-19(28)11(3)26-17-14(22)9-15(24)18(16(17)23)27-20(29)12-7-5-6-8-13(12)21(27)30/h9-11,26H,4-8H2,1-3H3,(H,25,28). The van der Waals surface area contributed by atoms with E-state index in [1.54, 1.807) is 6.92 Å². The van der Waals surface area contributed by atoms with Crippen molar-refractivity contribution in [1.29, 1.82) is 0 Å². The Hall–Kier alpha value is -1.74. The molecule has 0 bridgehead atoms. The second kappa shape index (κ2) is 9.18. The summed E-state index contributed by atoms with van der Waals surface area (Å²) in [6.45, 7) is 5.57. The van der Waals surface area contributed by atoms with E-state index in [-0.39, 0.29) is 22.1 Å². The molecule has 9 heteroatoms. The van der Waals surface area contributed by atoms with Gasteiger partial charge < -0.3 is 10.6 Å². The van der Waals surface area contributed by atoms with Crippen LogP contribution in [-0.4, -0.2) is 29.8 Å². The van der Waals surface area contributed by atoms with Gasteiger partial charge in [-0.15, -0.1) is 0 Å². The SMILES string of the molecule is CCC(C)NC(=O)C(C)Nc1c(Br)cc(F)c(N2C(=O)C3=C(CCCC3)C2=O)c1Br. The van der Waals surface area contributed by atoms with E-state index in [0.717, 1.165) is 24.2 Å². The monoisotopic (exact) mass is 543 g/mol. The van der Waals surface area contributed by atoms with Crippen LogP contribution in [0.25, 0.3) is 0 Å². The molecule has 0 aromatic heterocycles. The van der Waals surface area contributed by atoms with Gasteiger partial charge in [-0.25, -0.2) is 9.29 Å². The second-order valence-corrected chi connectivity index (χ2v) is 9.32. The van der Waals surface area contributed by atoms with E-state index in [1.165, 1.54) is 6.07 Å². The van der Waals surface area contributed by atoms with Crippen LogP contribution in [0, 0.1) is 5.82 Å². The number of halogens is 3. The lowest BCUT2D eigenvalue weighted by Crippen LogP contribution is -2.42. The maximum atomic E-state index is 14.9. The van der Waals surface area contributed by atoms with E-state index in [4.69, 9.17) is 0 Å². The number of hydrogen-bond donors (Lipinski definition) is 2. The highest BCUT2D eigenvalue weighted by molar-refractivity contribution is 9.11. The molecule has 0 saturated carbocycles. The molecule has 2 unspecified atom stereocenters. The number of rotatable bonds is 6. The largest absolute Gasteiger partial charge is 0.372 e. The fourth-order valence-corrected chi connectivity index (χ4v) is 5.09. The van der Waals surface area contributed by atoms with Crippen molar-refractivity contribution in [2.24, 2.45) is 0 Å². The first kappa shape index (κ1) is 22.9. The van der Waals surface area contributed by atoms with Crippen LogP contribution in [0.15, 0.2) is 26.2 Å². The number of hydrogen-bond acceptors (Lipinski definition) is 4. The Morgan fingerprint density at radius 3 is 2.27 bits per heavy atom. The van der Waals surface area contributed by atoms with Gasteiger partial charge in [0.2, 0.25) is 5.91 Å². The van der Waals surface area contributed by atoms with Gasteiger partial charge in [-0.3, -0.25) is 14.4 Å². The molecule has 1 aliphatic carbocycles. The van der Waals surface area contributed by atoms with Crippen LogP contribution in [-0.2, 0) is 14.4 Å². The molecule has 0 saturated heterocycles. The van der Waals surface area contributed by atoms with E-state index in [0.29, 0.717) is 34.1 Å². The third kappa shape index (κ3) is 4.19. The molecule has 0 spiro atoms. The topological polar surface area (TPSA) is 78.5 Å². The molecule has 1 aromatic carbocycles. The zero-order valence-corrected chi connectivity index (χ0v) is 20.2. The van der Waals surface area contributed by atoms with Crippen molar-refractivity contribution >= 4 is 61.0 Å². The van der Waals surface area contributed by atoms with Crippen LogP contribution in [0.3, 0.4) is 0 Å². The smallest absolute Gasteiger partial charge is 0.261 e. The molecular formula is C21H24Br2FN3O3. The molecule has 3 rings (SSSR count). The lowest BCUT2D eigenvalue weighted by molar-refractivity contribution is -0.122. The molecule has 162 valence electrons. The van der Waals surface area contributed by atoms with Crippen molar-refractivity contribution in [3.63, 3.8) is 0 Å². The average molecular weight is 545 g/mol. The highest BCUT2D eigenvalue weighted by Crippen LogP contribution is 2.45. The molecule has 3 amide bonds. The summed E-state index contributed by atoms with van der Waals surface area (Å²) in [7, 11) is 0. The number of anilines is 2. The van der Waals surface area contributed by atoms with Crippen molar-refractivity contribution in [3.05, 3.63) is 32.0 Å². The first-order valence-corrected chi connectivity index (χ1v) is 11.6. The van der Waals surface area contributed by atoms with Crippen LogP contribution in [0.2, 0.25) is 0 Å². The zero-order chi connectivity index (χ0) is 22.2. The summed E-state index contributed by atoms with van der Waals surface area (Å²) < 4.78 is 15.5. The Kier molecular flexibility index (Phi) is 7.02. The van der Waals surface area contributed by atoms with Gasteiger partial charge in [-0.1, -0.05) is 6.92 Å². The Balaban J connectivity index is 1.94. The second-order valence-electron chi connectivity index (χ2n) is 7.67. The predicted molar refractivity (Wildman–Crippen MR) is 121 cm³/mol. The Bertz CT molecular complexity index is 920. The number of amides is 3. The highest BCUT2D eigenvalue weighted by Gasteiger charge is 2.42. The molecule has 1 aliphatic heterocycles. The molecule has 2 aliphatic rings. The van der Waals surface area contributed by atoms with Gasteiger partial charge in [-0.05, 0) is 83.9 Å². The first-order valence-electron chi connectivity index (χ1n) is 10.0. The Morgan fingerprint density at radius 2 is 1.73 bits per heavy atom. The molecular weight excluding hydrogens is 521 g/mol. The van der Waals surface area contributed by atoms with E-state index in [1.807, 2.05) is 13.8 Å². The molecule has 2 atom stereocenters. The van der Waals surface area contributed by atoms with Gasteiger partial charge >= 0.3 is 0 Å². The number of imide groups is 1. The average Bonchev–Trinajstić information content (AvgIpc) is 2.96. The first-order chi connectivity index (χ1) is 14.2. The molecule has 30 heavy (non-hydrogen) atoms. The van der Waals surface area contributed by atoms with Crippen molar-refractivity contribution in [1.82, 2.24) is 5.32 Å². The fraction of sp³-hybridized carbons (Fsp3) is 0.476. The summed E-state index contributed by atoms with van der Waals surface area (Å²) in [5.41, 5.74) is 1.22. The zero-order valence-electron chi connectivity index (χ0n) is 17.1. The summed E-state index contributed by atoms with van der Waals surface area (Å²) in [5, 5.41) is 5.94. The Morgan fingerprint density at radius 1 is 1.17 bits per heavy atom. The minimum absolute atomic E-state index is 0.0228. The maximum Gasteiger partial charge on any atom is 0.261 e. The summed E-state index contributed by atoms with van der Waals surface area (Å²) in [4.78, 5) is 39.1. The molecule has 1 aromatic rings. The van der Waals surface area contributed by atoms with Crippen LogP contribution in [0.5, 0.6) is 0 Å². The van der Waals surface area contributed by atoms with E-state index in [2.05, 4.69) is 42.5 Å². The number of benzene rings is 1. The summed E-state index contributed by atoms with van der Waals surface area (Å²) in [6, 6.07) is 0.593. The minimum Gasteiger partial charge on any atom is -0.372 e. The third-order valence-electron chi connectivity index (χ3n) is 5.51. The molecule has 0 fully saturated rings. The summed E-state index contributed by atoms with van der Waals surface area (Å²) >= 11 is 6.67. The van der Waals surface area contributed by atoms with Gasteiger partial charge in [0, 0.05) is 21.7 Å². The van der Waals surface area contributed by atoms with Crippen LogP contribution in [0.4, 0.5) is 15.8 Å². The normalized spacial score (nSPS) is 18.4. The van der Waals surface area contributed by atoms with Gasteiger partial charge in [0.15, 0.2) is 0 Å². The van der Waals surface area contributed by atoms with Crippen molar-refractivity contribution < 1.29 is 18.8 Å². The van der Waals surface area contributed by atoms with Crippen LogP contribution >= 0.6 is 31.9 Å². The van der Waals surface area contributed by atoms with Crippen molar-refractivity contribution in [2.45, 2.75) is 65.0 Å². The van der Waals surface area contributed by atoms with Gasteiger partial charge in [0.05, 0.1) is 10.2 Å². The summed E-state index contributed by atoms with van der Waals surface area (Å²) in [5.74, 6) is -1.85. The highest BCUT2D eigenvalue weighted by atomic mass is 79.9. The van der Waals surface area contributed by atoms with Gasteiger partial charge in [0.1, 0.15) is 17.5 Å². The van der Waals surface area contributed by atoms with Crippen LogP contribution < -0.4 is 15.5 Å². The van der Waals surface area contributed by atoms with Gasteiger partial charge in [-0.2, -0.15) is 0 Å². The lowest BCUT2D eigenvalue weighted by Gasteiger charge is -2.23. The van der Waals surface area contributed by atoms with E-state index < -0.39 is 23.7 Å². The molecule has 6 nitrogen and oxygen atoms in total. The number of nitrogens with one attached hydrogen (secondary N) is 2. The Labute approximate surface area is 191 Å². The molecule has 1 heterocycles. The van der Waals surface area contributed by atoms with Crippen LogP contribution in [0.1, 0.15) is 52.9 Å². The third-order valence-corrected chi connectivity index (χ3v) is 6.91. The van der Waals surface area contributed by atoms with E-state index >= 15 is 0 Å². The number of carbonyl (C=O) groups excluding carboxylic acids is 3. The molecule has 2 N–H and O–H groups in total. The fourth-order valence-electron chi connectivity index (χ4n) is 3.61. The van der Waals surface area contributed by atoms with E-state index in [9.17, 15) is 18.8 Å². The quantitative estimate of drug-likeness (QED) is 0.504. The predicted octanol–water partition coefficient (Wildman–Crippen LogP) is 4.81. The lowest BCUT2D eigenvalue weighted by atomic mass is 9.93. The number of carbonyl (C=O) groups is 3. The molecule has 0 radical (unpaired) electrons. The number of nitrogens with zero attached hydrogens (tertiary/aromatic N) is 1. The maximum absolute atomic E-state index is 14.9. The van der Waals surface area contributed by atoms with Gasteiger partial charge in [0.25, 0.3) is 11.8 Å². The summed E-state index contributed by atoms with van der Waals surface area (Å²) in [6.07, 6.45) is 3.54. The minimum atomic E-state index is -0.711. The van der Waals surface area contributed by atoms with Crippen molar-refractivity contribution in [2.75, 3.05) is 10.2 Å². The van der Waals surface area contributed by atoms with Crippen molar-refractivity contribution in [3.8, 4) is 0 Å².